The third-order valence-corrected chi connectivity index (χ3v) is 5.62. The summed E-state index contributed by atoms with van der Waals surface area (Å²) in [6, 6.07) is 9.07. The van der Waals surface area contributed by atoms with Gasteiger partial charge in [-0.1, -0.05) is 43.5 Å². The van der Waals surface area contributed by atoms with E-state index in [1.54, 1.807) is 0 Å². The second-order valence-electron chi connectivity index (χ2n) is 7.42. The molecule has 0 radical (unpaired) electrons. The van der Waals surface area contributed by atoms with Gasteiger partial charge in [-0.15, -0.1) is 0 Å². The normalized spacial score (nSPS) is 19.9. The molecule has 4 heteroatoms. The van der Waals surface area contributed by atoms with Crippen LogP contribution >= 0.6 is 0 Å². The van der Waals surface area contributed by atoms with Crippen LogP contribution in [0.15, 0.2) is 24.3 Å². The number of nitrogens with zero attached hydrogens (tertiary/aromatic N) is 4. The topological polar surface area (TPSA) is 34.0 Å². The highest BCUT2D eigenvalue weighted by Crippen LogP contribution is 2.33. The Morgan fingerprint density at radius 1 is 0.958 bits per heavy atom. The van der Waals surface area contributed by atoms with Crippen LogP contribution in [-0.4, -0.2) is 32.8 Å². The molecule has 0 unspecified atom stereocenters. The average molecular weight is 324 g/mol. The fourth-order valence-corrected chi connectivity index (χ4v) is 4.24. The predicted molar refractivity (Wildman–Crippen MR) is 96.8 cm³/mol. The molecule has 1 aromatic heterocycles. The number of benzene rings is 1. The van der Waals surface area contributed by atoms with Crippen molar-refractivity contribution in [3.8, 4) is 11.4 Å². The number of hydrogen-bond acceptors (Lipinski definition) is 3. The fourth-order valence-electron chi connectivity index (χ4n) is 4.24. The Morgan fingerprint density at radius 2 is 1.67 bits per heavy atom. The lowest BCUT2D eigenvalue weighted by molar-refractivity contribution is 0.322. The SMILES string of the molecule is Cn1nc(CN2CCCC2)nc1-c1ccc(C2CCCCC2)cc1. The van der Waals surface area contributed by atoms with Gasteiger partial charge in [-0.3, -0.25) is 4.90 Å². The van der Waals surface area contributed by atoms with E-state index in [9.17, 15) is 0 Å². The van der Waals surface area contributed by atoms with Gasteiger partial charge in [0.25, 0.3) is 0 Å². The first-order valence-electron chi connectivity index (χ1n) is 9.52. The molecule has 4 rings (SSSR count). The van der Waals surface area contributed by atoms with Crippen LogP contribution in [0.2, 0.25) is 0 Å². The Balaban J connectivity index is 1.49. The molecule has 1 aliphatic carbocycles. The third-order valence-electron chi connectivity index (χ3n) is 5.62. The number of likely N-dealkylation sites (tertiary alicyclic amines) is 1. The standard InChI is InChI=1S/C20H28N4/c1-23-20(21-19(22-23)15-24-13-5-6-14-24)18-11-9-17(10-12-18)16-7-3-2-4-8-16/h9-12,16H,2-8,13-15H2,1H3. The summed E-state index contributed by atoms with van der Waals surface area (Å²) in [6.45, 7) is 3.25. The first kappa shape index (κ1) is 15.8. The minimum absolute atomic E-state index is 0.762. The van der Waals surface area contributed by atoms with Gasteiger partial charge in [-0.05, 0) is 50.3 Å². The Bertz CT molecular complexity index is 661. The molecule has 0 bridgehead atoms. The summed E-state index contributed by atoms with van der Waals surface area (Å²) in [6.07, 6.45) is 9.50. The van der Waals surface area contributed by atoms with Gasteiger partial charge in [0, 0.05) is 12.6 Å². The molecule has 0 atom stereocenters. The van der Waals surface area contributed by atoms with Crippen LogP contribution in [0.4, 0.5) is 0 Å². The molecular formula is C20H28N4. The summed E-state index contributed by atoms with van der Waals surface area (Å²) in [5.74, 6) is 2.70. The number of hydrogen-bond donors (Lipinski definition) is 0. The molecule has 1 saturated heterocycles. The van der Waals surface area contributed by atoms with Gasteiger partial charge in [0.05, 0.1) is 6.54 Å². The number of aryl methyl sites for hydroxylation is 1. The smallest absolute Gasteiger partial charge is 0.165 e. The molecule has 1 aliphatic heterocycles. The van der Waals surface area contributed by atoms with E-state index in [0.29, 0.717) is 0 Å². The van der Waals surface area contributed by atoms with E-state index in [2.05, 4.69) is 34.3 Å². The Kier molecular flexibility index (Phi) is 4.65. The predicted octanol–water partition coefficient (Wildman–Crippen LogP) is 4.13. The highest BCUT2D eigenvalue weighted by molar-refractivity contribution is 5.55. The molecule has 2 aliphatic rings. The number of aromatic nitrogens is 3. The maximum absolute atomic E-state index is 4.80. The molecule has 1 saturated carbocycles. The molecule has 0 amide bonds. The largest absolute Gasteiger partial charge is 0.296 e. The van der Waals surface area contributed by atoms with Gasteiger partial charge in [-0.2, -0.15) is 5.10 Å². The molecule has 2 aromatic rings. The van der Waals surface area contributed by atoms with Crippen molar-refractivity contribution < 1.29 is 0 Å². The van der Waals surface area contributed by atoms with Crippen molar-refractivity contribution in [1.82, 2.24) is 19.7 Å². The second-order valence-corrected chi connectivity index (χ2v) is 7.42. The highest BCUT2D eigenvalue weighted by Gasteiger charge is 2.18. The van der Waals surface area contributed by atoms with Crippen LogP contribution < -0.4 is 0 Å². The lowest BCUT2D eigenvalue weighted by Gasteiger charge is -2.22. The van der Waals surface area contributed by atoms with E-state index >= 15 is 0 Å². The molecule has 0 N–H and O–H groups in total. The first-order valence-corrected chi connectivity index (χ1v) is 9.52. The van der Waals surface area contributed by atoms with Gasteiger partial charge in [-0.25, -0.2) is 9.67 Å². The average Bonchev–Trinajstić information content (AvgIpc) is 3.26. The molecule has 2 heterocycles. The third kappa shape index (κ3) is 3.39. The van der Waals surface area contributed by atoms with Gasteiger partial charge in [0.15, 0.2) is 11.6 Å². The zero-order valence-electron chi connectivity index (χ0n) is 14.7. The summed E-state index contributed by atoms with van der Waals surface area (Å²) in [5, 5.41) is 4.63. The molecule has 128 valence electrons. The van der Waals surface area contributed by atoms with E-state index in [4.69, 9.17) is 4.98 Å². The zero-order chi connectivity index (χ0) is 16.4. The maximum Gasteiger partial charge on any atom is 0.165 e. The van der Waals surface area contributed by atoms with Gasteiger partial charge < -0.3 is 0 Å². The minimum atomic E-state index is 0.762. The van der Waals surface area contributed by atoms with Crippen LogP contribution in [0.25, 0.3) is 11.4 Å². The molecular weight excluding hydrogens is 296 g/mol. The lowest BCUT2D eigenvalue weighted by Crippen LogP contribution is -2.19. The van der Waals surface area contributed by atoms with Crippen molar-refractivity contribution in [2.75, 3.05) is 13.1 Å². The summed E-state index contributed by atoms with van der Waals surface area (Å²) < 4.78 is 1.93. The summed E-state index contributed by atoms with van der Waals surface area (Å²) in [4.78, 5) is 7.25. The van der Waals surface area contributed by atoms with E-state index < -0.39 is 0 Å². The van der Waals surface area contributed by atoms with Gasteiger partial charge >= 0.3 is 0 Å². The lowest BCUT2D eigenvalue weighted by atomic mass is 9.84. The Hall–Kier alpha value is -1.68. The Morgan fingerprint density at radius 3 is 2.38 bits per heavy atom. The van der Waals surface area contributed by atoms with Crippen LogP contribution in [0.1, 0.15) is 62.3 Å². The summed E-state index contributed by atoms with van der Waals surface area (Å²) in [7, 11) is 2.00. The maximum atomic E-state index is 4.80. The van der Waals surface area contributed by atoms with E-state index in [1.165, 1.54) is 69.2 Å². The molecule has 24 heavy (non-hydrogen) atoms. The van der Waals surface area contributed by atoms with E-state index in [1.807, 2.05) is 11.7 Å². The molecule has 0 spiro atoms. The second kappa shape index (κ2) is 7.06. The summed E-state index contributed by atoms with van der Waals surface area (Å²) >= 11 is 0. The van der Waals surface area contributed by atoms with Gasteiger partial charge in [0.1, 0.15) is 0 Å². The van der Waals surface area contributed by atoms with Crippen LogP contribution in [0.5, 0.6) is 0 Å². The van der Waals surface area contributed by atoms with Crippen LogP contribution in [0, 0.1) is 0 Å². The summed E-state index contributed by atoms with van der Waals surface area (Å²) in [5.41, 5.74) is 2.68. The van der Waals surface area contributed by atoms with Crippen molar-refractivity contribution in [1.29, 1.82) is 0 Å². The van der Waals surface area contributed by atoms with Crippen molar-refractivity contribution in [3.63, 3.8) is 0 Å². The van der Waals surface area contributed by atoms with Crippen molar-refractivity contribution in [2.24, 2.45) is 7.05 Å². The Labute approximate surface area is 144 Å². The van der Waals surface area contributed by atoms with Crippen molar-refractivity contribution in [3.05, 3.63) is 35.7 Å². The van der Waals surface area contributed by atoms with Crippen molar-refractivity contribution in [2.45, 2.75) is 57.4 Å². The fraction of sp³-hybridized carbons (Fsp3) is 0.600. The van der Waals surface area contributed by atoms with E-state index in [0.717, 1.165) is 24.1 Å². The van der Waals surface area contributed by atoms with E-state index in [-0.39, 0.29) is 0 Å². The van der Waals surface area contributed by atoms with Crippen LogP contribution in [0.3, 0.4) is 0 Å². The van der Waals surface area contributed by atoms with Crippen molar-refractivity contribution >= 4 is 0 Å². The zero-order valence-corrected chi connectivity index (χ0v) is 14.7. The molecule has 4 nitrogen and oxygen atoms in total. The van der Waals surface area contributed by atoms with Gasteiger partial charge in [0.2, 0.25) is 0 Å². The minimum Gasteiger partial charge on any atom is -0.296 e. The first-order chi connectivity index (χ1) is 11.8. The van der Waals surface area contributed by atoms with Crippen LogP contribution in [-0.2, 0) is 13.6 Å². The number of rotatable bonds is 4. The molecule has 1 aromatic carbocycles. The molecule has 2 fully saturated rings. The highest BCUT2D eigenvalue weighted by atomic mass is 15.3. The monoisotopic (exact) mass is 324 g/mol. The quantitative estimate of drug-likeness (QED) is 0.848.